The number of aromatic nitrogens is 5. The van der Waals surface area contributed by atoms with E-state index in [-0.39, 0.29) is 10.5 Å². The zero-order valence-corrected chi connectivity index (χ0v) is 20.7. The number of benzene rings is 2. The maximum atomic E-state index is 14.5. The lowest BCUT2D eigenvalue weighted by molar-refractivity contribution is 0.480. The van der Waals surface area contributed by atoms with Gasteiger partial charge >= 0.3 is 0 Å². The molecule has 0 aliphatic rings. The number of fused-ring (bicyclic) bond motifs is 1. The molecule has 0 saturated heterocycles. The molecule has 0 saturated carbocycles. The molecule has 3 aromatic heterocycles. The first-order valence-electron chi connectivity index (χ1n) is 11.3. The van der Waals surface area contributed by atoms with Crippen molar-refractivity contribution in [3.05, 3.63) is 95.6 Å². The van der Waals surface area contributed by atoms with Gasteiger partial charge in [-0.25, -0.2) is 14.4 Å². The maximum absolute atomic E-state index is 14.5. The van der Waals surface area contributed by atoms with E-state index in [0.29, 0.717) is 34.5 Å². The van der Waals surface area contributed by atoms with Gasteiger partial charge in [0.15, 0.2) is 0 Å². The van der Waals surface area contributed by atoms with Crippen LogP contribution in [0.25, 0.3) is 22.4 Å². The molecule has 0 spiro atoms. The fourth-order valence-corrected chi connectivity index (χ4v) is 5.22. The molecule has 0 bridgehead atoms. The van der Waals surface area contributed by atoms with E-state index in [0.717, 1.165) is 11.1 Å². The number of hydrogen-bond acceptors (Lipinski definition) is 6. The molecule has 37 heavy (non-hydrogen) atoms. The Labute approximate surface area is 212 Å². The number of nitrogens with zero attached hydrogens (tertiary/aromatic N) is 6. The Bertz CT molecular complexity index is 1790. The second kappa shape index (κ2) is 9.24. The predicted octanol–water partition coefficient (Wildman–Crippen LogP) is 4.52. The molecule has 0 fully saturated rings. The molecule has 0 radical (unpaired) electrons. The van der Waals surface area contributed by atoms with Crippen molar-refractivity contribution >= 4 is 21.2 Å². The standard InChI is InChI=1S/C26H21FN6O3S/c1-16-3-4-25(37(34,35)36)21(7-16)17(2)33-24-9-19(11-28)22(27)10-23(24)31-26(33)20-8-18(12-30-13-20)14-32-6-5-29-15-32/h3-10,12-13,15,17H,14H2,1-2H3,(H,34,35,36). The molecular weight excluding hydrogens is 495 g/mol. The van der Waals surface area contributed by atoms with Crippen LogP contribution in [0.4, 0.5) is 4.39 Å². The molecule has 0 amide bonds. The average Bonchev–Trinajstić information content (AvgIpc) is 3.50. The van der Waals surface area contributed by atoms with Crippen LogP contribution in [0.3, 0.4) is 0 Å². The van der Waals surface area contributed by atoms with Crippen LogP contribution >= 0.6 is 0 Å². The lowest BCUT2D eigenvalue weighted by atomic mass is 10.0. The highest BCUT2D eigenvalue weighted by Crippen LogP contribution is 2.35. The van der Waals surface area contributed by atoms with Crippen molar-refractivity contribution in [1.82, 2.24) is 24.1 Å². The Hall–Kier alpha value is -4.40. The van der Waals surface area contributed by atoms with Crippen LogP contribution in [0.15, 0.2) is 72.4 Å². The highest BCUT2D eigenvalue weighted by atomic mass is 32.2. The number of halogens is 1. The first-order valence-corrected chi connectivity index (χ1v) is 12.7. The minimum Gasteiger partial charge on any atom is -0.333 e. The van der Waals surface area contributed by atoms with Crippen molar-refractivity contribution in [1.29, 1.82) is 5.26 Å². The van der Waals surface area contributed by atoms with Gasteiger partial charge in [-0.1, -0.05) is 17.7 Å². The van der Waals surface area contributed by atoms with Crippen molar-refractivity contribution in [3.63, 3.8) is 0 Å². The Kier molecular flexibility index (Phi) is 6.07. The van der Waals surface area contributed by atoms with Crippen molar-refractivity contribution in [2.24, 2.45) is 0 Å². The zero-order valence-electron chi connectivity index (χ0n) is 19.9. The number of pyridine rings is 1. The monoisotopic (exact) mass is 516 g/mol. The van der Waals surface area contributed by atoms with Gasteiger partial charge < -0.3 is 9.13 Å². The first-order chi connectivity index (χ1) is 17.7. The molecule has 0 aliphatic carbocycles. The molecule has 186 valence electrons. The van der Waals surface area contributed by atoms with Crippen molar-refractivity contribution < 1.29 is 17.4 Å². The van der Waals surface area contributed by atoms with Crippen molar-refractivity contribution in [3.8, 4) is 17.5 Å². The Balaban J connectivity index is 1.76. The van der Waals surface area contributed by atoms with Crippen molar-refractivity contribution in [2.45, 2.75) is 31.3 Å². The molecule has 1 atom stereocenters. The van der Waals surface area contributed by atoms with Crippen LogP contribution in [0, 0.1) is 24.1 Å². The summed E-state index contributed by atoms with van der Waals surface area (Å²) in [6.45, 7) is 4.07. The fourth-order valence-electron chi connectivity index (χ4n) is 4.45. The minimum absolute atomic E-state index is 0.168. The number of hydrogen-bond donors (Lipinski definition) is 1. The van der Waals surface area contributed by atoms with E-state index in [2.05, 4.69) is 15.0 Å². The summed E-state index contributed by atoms with van der Waals surface area (Å²) in [5.41, 5.74) is 3.14. The SMILES string of the molecule is Cc1ccc(S(=O)(=O)O)c(C(C)n2c(-c3cncc(Cn4ccnc4)c3)nc3cc(F)c(C#N)cc32)c1. The van der Waals surface area contributed by atoms with Gasteiger partial charge in [0.2, 0.25) is 0 Å². The molecule has 2 aromatic carbocycles. The predicted molar refractivity (Wildman–Crippen MR) is 134 cm³/mol. The molecule has 9 nitrogen and oxygen atoms in total. The van der Waals surface area contributed by atoms with Crippen LogP contribution in [-0.4, -0.2) is 37.1 Å². The Morgan fingerprint density at radius 3 is 2.68 bits per heavy atom. The maximum Gasteiger partial charge on any atom is 0.294 e. The summed E-state index contributed by atoms with van der Waals surface area (Å²) in [5, 5.41) is 9.44. The van der Waals surface area contributed by atoms with Gasteiger partial charge in [0, 0.05) is 36.4 Å². The average molecular weight is 517 g/mol. The second-order valence-corrected chi connectivity index (χ2v) is 10.1. The molecule has 3 heterocycles. The normalized spacial score (nSPS) is 12.5. The van der Waals surface area contributed by atoms with Crippen LogP contribution in [0.1, 0.15) is 35.2 Å². The van der Waals surface area contributed by atoms with Gasteiger partial charge in [-0.3, -0.25) is 9.54 Å². The van der Waals surface area contributed by atoms with E-state index in [1.54, 1.807) is 48.5 Å². The molecule has 5 aromatic rings. The van der Waals surface area contributed by atoms with Crippen LogP contribution in [-0.2, 0) is 16.7 Å². The summed E-state index contributed by atoms with van der Waals surface area (Å²) in [4.78, 5) is 12.8. The Morgan fingerprint density at radius 2 is 1.97 bits per heavy atom. The molecular formula is C26H21FN6O3S. The van der Waals surface area contributed by atoms with Crippen molar-refractivity contribution in [2.75, 3.05) is 0 Å². The van der Waals surface area contributed by atoms with Gasteiger partial charge in [0.25, 0.3) is 10.1 Å². The molecule has 5 rings (SSSR count). The van der Waals surface area contributed by atoms with E-state index in [9.17, 15) is 22.6 Å². The van der Waals surface area contributed by atoms with Crippen LogP contribution in [0.2, 0.25) is 0 Å². The number of rotatable bonds is 6. The largest absolute Gasteiger partial charge is 0.333 e. The van der Waals surface area contributed by atoms with Crippen LogP contribution < -0.4 is 0 Å². The van der Waals surface area contributed by atoms with E-state index in [4.69, 9.17) is 0 Å². The zero-order chi connectivity index (χ0) is 26.3. The number of imidazole rings is 2. The topological polar surface area (TPSA) is 127 Å². The first kappa shape index (κ1) is 24.3. The summed E-state index contributed by atoms with van der Waals surface area (Å²) >= 11 is 0. The van der Waals surface area contributed by atoms with Gasteiger partial charge in [-0.15, -0.1) is 0 Å². The van der Waals surface area contributed by atoms with Gasteiger partial charge in [-0.2, -0.15) is 13.7 Å². The van der Waals surface area contributed by atoms with E-state index in [1.165, 1.54) is 18.2 Å². The number of aryl methyl sites for hydroxylation is 1. The summed E-state index contributed by atoms with van der Waals surface area (Å²) < 4.78 is 52.5. The summed E-state index contributed by atoms with van der Waals surface area (Å²) in [5.74, 6) is -0.306. The summed E-state index contributed by atoms with van der Waals surface area (Å²) in [6.07, 6.45) is 8.51. The van der Waals surface area contributed by atoms with E-state index in [1.807, 2.05) is 29.8 Å². The summed E-state index contributed by atoms with van der Waals surface area (Å²) in [6, 6.07) is 10.3. The molecule has 1 unspecified atom stereocenters. The highest BCUT2D eigenvalue weighted by molar-refractivity contribution is 7.85. The van der Waals surface area contributed by atoms with E-state index >= 15 is 0 Å². The fraction of sp³-hybridized carbons (Fsp3) is 0.154. The highest BCUT2D eigenvalue weighted by Gasteiger charge is 2.26. The van der Waals surface area contributed by atoms with Crippen LogP contribution in [0.5, 0.6) is 0 Å². The Morgan fingerprint density at radius 1 is 1.16 bits per heavy atom. The van der Waals surface area contributed by atoms with Gasteiger partial charge in [0.05, 0.1) is 40.4 Å². The molecule has 1 N–H and O–H groups in total. The lowest BCUT2D eigenvalue weighted by Crippen LogP contribution is -2.14. The summed E-state index contributed by atoms with van der Waals surface area (Å²) in [7, 11) is -4.54. The molecule has 11 heteroatoms. The smallest absolute Gasteiger partial charge is 0.294 e. The molecule has 0 aliphatic heterocycles. The third-order valence-electron chi connectivity index (χ3n) is 6.16. The van der Waals surface area contributed by atoms with E-state index < -0.39 is 22.0 Å². The second-order valence-electron chi connectivity index (χ2n) is 8.75. The quantitative estimate of drug-likeness (QED) is 0.329. The number of nitriles is 1. The van der Waals surface area contributed by atoms with Gasteiger partial charge in [0.1, 0.15) is 17.7 Å². The third-order valence-corrected chi connectivity index (χ3v) is 7.08. The minimum atomic E-state index is -4.54. The third kappa shape index (κ3) is 4.60. The van der Waals surface area contributed by atoms with Gasteiger partial charge in [-0.05, 0) is 43.2 Å². The lowest BCUT2D eigenvalue weighted by Gasteiger charge is -2.21.